The van der Waals surface area contributed by atoms with Crippen LogP contribution < -0.4 is 20.9 Å². The van der Waals surface area contributed by atoms with E-state index in [0.29, 0.717) is 29.1 Å². The number of nitrogens with one attached hydrogen (secondary N) is 3. The number of carbonyl (C=O) groups excluding carboxylic acids is 4. The van der Waals surface area contributed by atoms with E-state index in [1.807, 2.05) is 43.5 Å². The van der Waals surface area contributed by atoms with Crippen molar-refractivity contribution in [3.63, 3.8) is 0 Å². The third-order valence-electron chi connectivity index (χ3n) is 8.15. The molecular weight excluding hydrogens is 817 g/mol. The maximum Gasteiger partial charge on any atom is 0.458 e. The molecule has 4 aromatic rings. The molecule has 6 rings (SSSR count). The fourth-order valence-electron chi connectivity index (χ4n) is 5.46. The van der Waals surface area contributed by atoms with Crippen molar-refractivity contribution in [2.45, 2.75) is 57.6 Å². The molecule has 2 aliphatic heterocycles. The number of alkyl halides is 9. The van der Waals surface area contributed by atoms with Gasteiger partial charge in [0, 0.05) is 43.3 Å². The Hall–Kier alpha value is -5.93. The molecule has 13 nitrogen and oxygen atoms in total. The predicted octanol–water partition coefficient (Wildman–Crippen LogP) is 7.45. The first-order chi connectivity index (χ1) is 27.1. The largest absolute Gasteiger partial charge is 0.458 e. The van der Waals surface area contributed by atoms with Crippen molar-refractivity contribution in [1.29, 1.82) is 0 Å². The Balaban J connectivity index is 0.000000346. The molecule has 0 saturated carbocycles. The van der Waals surface area contributed by atoms with Crippen LogP contribution in [-0.2, 0) is 32.0 Å². The standard InChI is InChI=1S/C29H30ClN9O.C4F6O2.C2HF3O/c1-18-32-9-6-26(34-18)39-10-7-19(8-11-39)13-27(40)37-25-5-4-22-14-21(25)3-2-20-12-23(16-31-15-20)36-29-33-17-24(30)28(35-22)38-29;5-3(6,7)1(11)2(12)4(8,9)10;3-2(4,5)1-6/h4-6,9,12,14-17,19H,2-3,7-8,10-11,13H2,1H3,(H,37,40)(H2,33,35,36,38);;1H. The molecule has 0 atom stereocenters. The van der Waals surface area contributed by atoms with E-state index in [2.05, 4.69) is 45.8 Å². The Bertz CT molecular complexity index is 2090. The van der Waals surface area contributed by atoms with Gasteiger partial charge in [-0.25, -0.2) is 15.0 Å². The van der Waals surface area contributed by atoms with Crippen LogP contribution in [0.2, 0.25) is 5.02 Å². The Morgan fingerprint density at radius 2 is 1.52 bits per heavy atom. The molecule has 5 heterocycles. The fourth-order valence-corrected chi connectivity index (χ4v) is 5.60. The quantitative estimate of drug-likeness (QED) is 0.103. The number of piperidine rings is 1. The van der Waals surface area contributed by atoms with E-state index in [1.54, 1.807) is 18.6 Å². The van der Waals surface area contributed by atoms with Crippen LogP contribution >= 0.6 is 11.6 Å². The van der Waals surface area contributed by atoms with Gasteiger partial charge in [0.05, 0.1) is 18.1 Å². The summed E-state index contributed by atoms with van der Waals surface area (Å²) in [4.78, 5) is 65.3. The molecular formula is C35H31ClF9N9O4. The first kappa shape index (κ1) is 44.8. The number of aryl methyl sites for hydroxylation is 3. The summed E-state index contributed by atoms with van der Waals surface area (Å²) in [7, 11) is 0. The smallest absolute Gasteiger partial charge is 0.356 e. The molecule has 0 unspecified atom stereocenters. The molecule has 310 valence electrons. The number of aldehydes is 1. The number of aromatic nitrogens is 5. The molecule has 23 heteroatoms. The van der Waals surface area contributed by atoms with Gasteiger partial charge in [-0.05, 0) is 80.0 Å². The van der Waals surface area contributed by atoms with Crippen LogP contribution in [-0.4, -0.2) is 80.3 Å². The summed E-state index contributed by atoms with van der Waals surface area (Å²) in [6.45, 7) is 3.67. The SMILES string of the molecule is Cc1nccc(N2CCC(CC(=O)Nc3ccc4cc3CCc3cncc(c3)Nc3ncc(Cl)c(n3)N4)CC2)n1.O=C(C(=O)C(F)(F)F)C(F)(F)F.O=CC(F)(F)F. The van der Waals surface area contributed by atoms with Gasteiger partial charge in [0.2, 0.25) is 18.1 Å². The van der Waals surface area contributed by atoms with Gasteiger partial charge in [-0.15, -0.1) is 0 Å². The molecule has 0 aliphatic carbocycles. The number of carbonyl (C=O) groups is 4. The average molecular weight is 848 g/mol. The lowest BCUT2D eigenvalue weighted by atomic mass is 9.93. The molecule has 1 fully saturated rings. The molecule has 3 aromatic heterocycles. The highest BCUT2D eigenvalue weighted by Crippen LogP contribution is 2.31. The van der Waals surface area contributed by atoms with Crippen LogP contribution in [0, 0.1) is 12.8 Å². The molecule has 1 amide bonds. The normalized spacial score (nSPS) is 14.2. The van der Waals surface area contributed by atoms with E-state index >= 15 is 0 Å². The van der Waals surface area contributed by atoms with Gasteiger partial charge < -0.3 is 20.9 Å². The zero-order chi connectivity index (χ0) is 42.8. The maximum absolute atomic E-state index is 13.2. The summed E-state index contributed by atoms with van der Waals surface area (Å²) < 4.78 is 98.2. The van der Waals surface area contributed by atoms with Gasteiger partial charge in [-0.3, -0.25) is 24.2 Å². The van der Waals surface area contributed by atoms with Crippen LogP contribution in [0.5, 0.6) is 0 Å². The lowest BCUT2D eigenvalue weighted by Gasteiger charge is -2.32. The number of hydrogen-bond acceptors (Lipinski definition) is 12. The number of rotatable bonds is 5. The third kappa shape index (κ3) is 13.6. The van der Waals surface area contributed by atoms with Crippen LogP contribution in [0.3, 0.4) is 0 Å². The molecule has 3 N–H and O–H groups in total. The van der Waals surface area contributed by atoms with E-state index in [4.69, 9.17) is 16.4 Å². The van der Waals surface area contributed by atoms with E-state index in [9.17, 15) is 53.9 Å². The predicted molar refractivity (Wildman–Crippen MR) is 191 cm³/mol. The number of benzene rings is 1. The minimum atomic E-state index is -5.77. The topological polar surface area (TPSA) is 172 Å². The van der Waals surface area contributed by atoms with Crippen molar-refractivity contribution in [2.24, 2.45) is 5.92 Å². The van der Waals surface area contributed by atoms with E-state index in [-0.39, 0.29) is 5.91 Å². The van der Waals surface area contributed by atoms with Gasteiger partial charge in [0.1, 0.15) is 16.7 Å². The van der Waals surface area contributed by atoms with Crippen molar-refractivity contribution >= 4 is 70.0 Å². The first-order valence-electron chi connectivity index (χ1n) is 16.8. The number of hydrogen-bond donors (Lipinski definition) is 3. The van der Waals surface area contributed by atoms with Gasteiger partial charge >= 0.3 is 30.1 Å². The van der Waals surface area contributed by atoms with E-state index in [0.717, 1.165) is 78.6 Å². The number of pyridine rings is 1. The van der Waals surface area contributed by atoms with Crippen molar-refractivity contribution in [1.82, 2.24) is 24.9 Å². The number of fused-ring (bicyclic) bond motifs is 6. The van der Waals surface area contributed by atoms with Crippen LogP contribution in [0.15, 0.2) is 55.1 Å². The molecule has 58 heavy (non-hydrogen) atoms. The monoisotopic (exact) mass is 847 g/mol. The van der Waals surface area contributed by atoms with Crippen molar-refractivity contribution in [2.75, 3.05) is 33.9 Å². The summed E-state index contributed by atoms with van der Waals surface area (Å²) in [5, 5.41) is 10.1. The summed E-state index contributed by atoms with van der Waals surface area (Å²) in [6.07, 6.45) is -6.42. The van der Waals surface area contributed by atoms with E-state index < -0.39 is 36.4 Å². The Morgan fingerprint density at radius 1 is 0.862 bits per heavy atom. The average Bonchev–Trinajstić information content (AvgIpc) is 3.15. The summed E-state index contributed by atoms with van der Waals surface area (Å²) >= 11 is 6.38. The molecule has 1 aromatic carbocycles. The van der Waals surface area contributed by atoms with Crippen molar-refractivity contribution < 1.29 is 58.7 Å². The Morgan fingerprint density at radius 3 is 2.12 bits per heavy atom. The second-order valence-corrected chi connectivity index (χ2v) is 13.0. The minimum Gasteiger partial charge on any atom is -0.356 e. The van der Waals surface area contributed by atoms with Gasteiger partial charge in [-0.2, -0.15) is 44.5 Å². The maximum atomic E-state index is 13.2. The molecule has 2 aliphatic rings. The van der Waals surface area contributed by atoms with Crippen molar-refractivity contribution in [3.8, 4) is 0 Å². The fraction of sp³-hybridized carbons (Fsp3) is 0.343. The zero-order valence-corrected chi connectivity index (χ0v) is 30.7. The number of anilines is 6. The molecule has 1 saturated heterocycles. The number of Topliss-reactive ketones (excluding diaryl/α,β-unsaturated/α-hetero) is 2. The Labute approximate surface area is 327 Å². The number of halogens is 10. The van der Waals surface area contributed by atoms with Gasteiger partial charge in [-0.1, -0.05) is 11.6 Å². The van der Waals surface area contributed by atoms with Crippen LogP contribution in [0.1, 0.15) is 36.2 Å². The third-order valence-corrected chi connectivity index (χ3v) is 8.43. The van der Waals surface area contributed by atoms with Gasteiger partial charge in [0.25, 0.3) is 0 Å². The molecule has 0 radical (unpaired) electrons. The summed E-state index contributed by atoms with van der Waals surface area (Å²) in [5.41, 5.74) is 4.54. The number of amides is 1. The van der Waals surface area contributed by atoms with Gasteiger partial charge in [0.15, 0.2) is 5.82 Å². The highest BCUT2D eigenvalue weighted by molar-refractivity contribution is 6.41. The van der Waals surface area contributed by atoms with E-state index in [1.165, 1.54) is 0 Å². The lowest BCUT2D eigenvalue weighted by Crippen LogP contribution is -2.39. The molecule has 6 bridgehead atoms. The highest BCUT2D eigenvalue weighted by Gasteiger charge is 2.54. The van der Waals surface area contributed by atoms with Crippen LogP contribution in [0.25, 0.3) is 0 Å². The Kier molecular flexibility index (Phi) is 14.7. The molecule has 0 spiro atoms. The van der Waals surface area contributed by atoms with Crippen LogP contribution in [0.4, 0.5) is 74.2 Å². The van der Waals surface area contributed by atoms with Crippen molar-refractivity contribution in [3.05, 3.63) is 77.1 Å². The number of ketones is 2. The second-order valence-electron chi connectivity index (χ2n) is 12.6. The zero-order valence-electron chi connectivity index (χ0n) is 29.9. The minimum absolute atomic E-state index is 0.0348. The summed E-state index contributed by atoms with van der Waals surface area (Å²) in [6, 6.07) is 9.89. The lowest BCUT2D eigenvalue weighted by molar-refractivity contribution is -0.193. The summed E-state index contributed by atoms with van der Waals surface area (Å²) in [5.74, 6) is -3.80. The highest BCUT2D eigenvalue weighted by atomic mass is 35.5. The number of nitrogens with zero attached hydrogens (tertiary/aromatic N) is 6. The first-order valence-corrected chi connectivity index (χ1v) is 17.2. The second kappa shape index (κ2) is 19.0.